The van der Waals surface area contributed by atoms with E-state index < -0.39 is 0 Å². The van der Waals surface area contributed by atoms with Crippen molar-refractivity contribution < 1.29 is 0 Å². The third-order valence-electron chi connectivity index (χ3n) is 1.91. The minimum absolute atomic E-state index is 0.0160. The summed E-state index contributed by atoms with van der Waals surface area (Å²) in [6, 6.07) is -0.0160. The van der Waals surface area contributed by atoms with Gasteiger partial charge >= 0.3 is 0 Å². The first-order chi connectivity index (χ1) is 6.63. The van der Waals surface area contributed by atoms with Crippen LogP contribution in [0, 0.1) is 25.2 Å². The van der Waals surface area contributed by atoms with E-state index in [2.05, 4.69) is 35.1 Å². The van der Waals surface area contributed by atoms with E-state index in [1.54, 1.807) is 12.4 Å². The van der Waals surface area contributed by atoms with Gasteiger partial charge < -0.3 is 5.32 Å². The maximum atomic E-state index is 5.38. The Morgan fingerprint density at radius 3 is 2.36 bits per heavy atom. The van der Waals surface area contributed by atoms with Gasteiger partial charge in [0.15, 0.2) is 0 Å². The Hall–Kier alpha value is -1.56. The summed E-state index contributed by atoms with van der Waals surface area (Å²) in [7, 11) is 0. The number of terminal acetylenes is 1. The average molecular weight is 189 g/mol. The summed E-state index contributed by atoms with van der Waals surface area (Å²) < 4.78 is 0. The molecule has 0 saturated carbocycles. The van der Waals surface area contributed by atoms with Gasteiger partial charge in [0.05, 0.1) is 6.04 Å². The molecule has 74 valence electrons. The summed E-state index contributed by atoms with van der Waals surface area (Å²) >= 11 is 0. The second kappa shape index (κ2) is 4.61. The maximum absolute atomic E-state index is 5.38. The highest BCUT2D eigenvalue weighted by Gasteiger charge is 2.10. The van der Waals surface area contributed by atoms with E-state index in [9.17, 15) is 0 Å². The molecule has 0 spiro atoms. The molecule has 1 rings (SSSR count). The lowest BCUT2D eigenvalue weighted by atomic mass is 10.1. The first kappa shape index (κ1) is 10.5. The highest BCUT2D eigenvalue weighted by atomic mass is 15.1. The lowest BCUT2D eigenvalue weighted by Gasteiger charge is -2.16. The van der Waals surface area contributed by atoms with Crippen LogP contribution in [0.15, 0.2) is 12.4 Å². The first-order valence-electron chi connectivity index (χ1n) is 4.65. The van der Waals surface area contributed by atoms with E-state index in [-0.39, 0.29) is 6.04 Å². The van der Waals surface area contributed by atoms with Crippen molar-refractivity contribution in [3.8, 4) is 12.3 Å². The molecule has 1 aromatic heterocycles. The van der Waals surface area contributed by atoms with E-state index in [0.29, 0.717) is 11.9 Å². The standard InChI is InChI=1S/C11H15N3/c1-5-10(8(2)3)14-11-12-6-9(4)7-13-11/h1,6-8,10H,2-4H3,(H,12,13,14). The van der Waals surface area contributed by atoms with Crippen LogP contribution in [0.1, 0.15) is 19.4 Å². The summed E-state index contributed by atoms with van der Waals surface area (Å²) in [4.78, 5) is 8.26. The Morgan fingerprint density at radius 2 is 1.93 bits per heavy atom. The van der Waals surface area contributed by atoms with Gasteiger partial charge in [0, 0.05) is 12.4 Å². The molecule has 14 heavy (non-hydrogen) atoms. The molecule has 0 aromatic carbocycles. The van der Waals surface area contributed by atoms with Gasteiger partial charge in [0.25, 0.3) is 0 Å². The monoisotopic (exact) mass is 189 g/mol. The Labute approximate surface area is 85.0 Å². The van der Waals surface area contributed by atoms with Gasteiger partial charge in [-0.2, -0.15) is 0 Å². The zero-order valence-corrected chi connectivity index (χ0v) is 8.78. The Balaban J connectivity index is 2.69. The molecule has 1 unspecified atom stereocenters. The molecular weight excluding hydrogens is 174 g/mol. The fraction of sp³-hybridized carbons (Fsp3) is 0.455. The maximum Gasteiger partial charge on any atom is 0.223 e. The van der Waals surface area contributed by atoms with Gasteiger partial charge in [0.2, 0.25) is 5.95 Å². The quantitative estimate of drug-likeness (QED) is 0.737. The summed E-state index contributed by atoms with van der Waals surface area (Å²) in [6.07, 6.45) is 8.92. The molecule has 0 saturated heterocycles. The predicted molar refractivity (Wildman–Crippen MR) is 57.9 cm³/mol. The number of anilines is 1. The van der Waals surface area contributed by atoms with E-state index >= 15 is 0 Å². The minimum Gasteiger partial charge on any atom is -0.340 e. The molecule has 0 amide bonds. The second-order valence-electron chi connectivity index (χ2n) is 3.62. The van der Waals surface area contributed by atoms with Gasteiger partial charge in [-0.25, -0.2) is 9.97 Å². The molecule has 1 heterocycles. The summed E-state index contributed by atoms with van der Waals surface area (Å²) in [5, 5.41) is 3.10. The highest BCUT2D eigenvalue weighted by molar-refractivity contribution is 5.30. The molecule has 3 heteroatoms. The molecule has 0 aliphatic rings. The van der Waals surface area contributed by atoms with E-state index in [1.807, 2.05) is 6.92 Å². The number of hydrogen-bond acceptors (Lipinski definition) is 3. The lowest BCUT2D eigenvalue weighted by molar-refractivity contribution is 0.610. The van der Waals surface area contributed by atoms with Crippen molar-refractivity contribution in [2.75, 3.05) is 5.32 Å². The van der Waals surface area contributed by atoms with Crippen molar-refractivity contribution >= 4 is 5.95 Å². The molecular formula is C11H15N3. The zero-order chi connectivity index (χ0) is 10.6. The largest absolute Gasteiger partial charge is 0.340 e. The van der Waals surface area contributed by atoms with Crippen molar-refractivity contribution in [3.05, 3.63) is 18.0 Å². The number of aromatic nitrogens is 2. The van der Waals surface area contributed by atoms with Crippen molar-refractivity contribution in [2.24, 2.45) is 5.92 Å². The molecule has 0 bridgehead atoms. The molecule has 0 aliphatic carbocycles. The number of aryl methyl sites for hydroxylation is 1. The Morgan fingerprint density at radius 1 is 1.36 bits per heavy atom. The Kier molecular flexibility index (Phi) is 3.47. The summed E-state index contributed by atoms with van der Waals surface area (Å²) in [6.45, 7) is 6.07. The van der Waals surface area contributed by atoms with Crippen molar-refractivity contribution in [2.45, 2.75) is 26.8 Å². The third kappa shape index (κ3) is 2.74. The van der Waals surface area contributed by atoms with Gasteiger partial charge in [-0.1, -0.05) is 19.8 Å². The van der Waals surface area contributed by atoms with E-state index in [1.165, 1.54) is 0 Å². The molecule has 0 radical (unpaired) electrons. The number of hydrogen-bond donors (Lipinski definition) is 1. The first-order valence-corrected chi connectivity index (χ1v) is 4.65. The van der Waals surface area contributed by atoms with Gasteiger partial charge in [-0.05, 0) is 18.4 Å². The number of rotatable bonds is 3. The van der Waals surface area contributed by atoms with Crippen LogP contribution >= 0.6 is 0 Å². The SMILES string of the molecule is C#CC(Nc1ncc(C)cn1)C(C)C. The lowest BCUT2D eigenvalue weighted by Crippen LogP contribution is -2.24. The van der Waals surface area contributed by atoms with Gasteiger partial charge in [0.1, 0.15) is 0 Å². The predicted octanol–water partition coefficient (Wildman–Crippen LogP) is 1.85. The number of nitrogens with one attached hydrogen (secondary N) is 1. The molecule has 0 aliphatic heterocycles. The van der Waals surface area contributed by atoms with Crippen LogP contribution < -0.4 is 5.32 Å². The van der Waals surface area contributed by atoms with E-state index in [4.69, 9.17) is 6.42 Å². The fourth-order valence-electron chi connectivity index (χ4n) is 1.01. The minimum atomic E-state index is -0.0160. The number of nitrogens with zero attached hydrogens (tertiary/aromatic N) is 2. The van der Waals surface area contributed by atoms with Crippen molar-refractivity contribution in [1.29, 1.82) is 0 Å². The zero-order valence-electron chi connectivity index (χ0n) is 8.78. The van der Waals surface area contributed by atoms with Gasteiger partial charge in [-0.3, -0.25) is 0 Å². The Bertz CT molecular complexity index is 321. The fourth-order valence-corrected chi connectivity index (χ4v) is 1.01. The van der Waals surface area contributed by atoms with Crippen LogP contribution in [0.25, 0.3) is 0 Å². The van der Waals surface area contributed by atoms with Crippen LogP contribution in [-0.4, -0.2) is 16.0 Å². The smallest absolute Gasteiger partial charge is 0.223 e. The molecule has 3 nitrogen and oxygen atoms in total. The second-order valence-corrected chi connectivity index (χ2v) is 3.62. The summed E-state index contributed by atoms with van der Waals surface area (Å²) in [5.74, 6) is 3.63. The van der Waals surface area contributed by atoms with Crippen LogP contribution in [0.3, 0.4) is 0 Å². The van der Waals surface area contributed by atoms with Crippen molar-refractivity contribution in [3.63, 3.8) is 0 Å². The molecule has 1 atom stereocenters. The third-order valence-corrected chi connectivity index (χ3v) is 1.91. The van der Waals surface area contributed by atoms with Crippen LogP contribution in [0.2, 0.25) is 0 Å². The molecule has 1 N–H and O–H groups in total. The van der Waals surface area contributed by atoms with E-state index in [0.717, 1.165) is 5.56 Å². The van der Waals surface area contributed by atoms with Gasteiger partial charge in [-0.15, -0.1) is 6.42 Å². The topological polar surface area (TPSA) is 37.8 Å². The average Bonchev–Trinajstić information content (AvgIpc) is 2.16. The van der Waals surface area contributed by atoms with Crippen molar-refractivity contribution in [1.82, 2.24) is 9.97 Å². The molecule has 1 aromatic rings. The van der Waals surface area contributed by atoms with Crippen LogP contribution in [0.4, 0.5) is 5.95 Å². The molecule has 0 fully saturated rings. The highest BCUT2D eigenvalue weighted by Crippen LogP contribution is 2.07. The van der Waals surface area contributed by atoms with Crippen LogP contribution in [0.5, 0.6) is 0 Å². The normalized spacial score (nSPS) is 12.2. The summed E-state index contributed by atoms with van der Waals surface area (Å²) in [5.41, 5.74) is 1.04. The van der Waals surface area contributed by atoms with Crippen LogP contribution in [-0.2, 0) is 0 Å².